The number of likely N-dealkylation sites (N-methyl/N-ethyl adjacent to an activating group) is 1. The van der Waals surface area contributed by atoms with E-state index in [0.29, 0.717) is 13.1 Å². The van der Waals surface area contributed by atoms with Gasteiger partial charge in [-0.15, -0.1) is 0 Å². The molecule has 0 heterocycles. The van der Waals surface area contributed by atoms with Gasteiger partial charge in [0, 0.05) is 13.1 Å². The lowest BCUT2D eigenvalue weighted by atomic mass is 10.1. The standard InChI is InChI=1S/C10H22N2O2/c1-3-5-6-9(11)10(14)12(4-2)7-8-13/h9,13H,3-8,11H2,1-2H3/t9-/m0/s1. The Morgan fingerprint density at radius 1 is 1.50 bits per heavy atom. The van der Waals surface area contributed by atoms with Gasteiger partial charge in [-0.25, -0.2) is 0 Å². The number of amides is 1. The van der Waals surface area contributed by atoms with Gasteiger partial charge in [-0.1, -0.05) is 19.8 Å². The molecule has 0 saturated carbocycles. The zero-order valence-electron chi connectivity index (χ0n) is 9.20. The average Bonchev–Trinajstić information content (AvgIpc) is 2.21. The van der Waals surface area contributed by atoms with E-state index in [1.165, 1.54) is 0 Å². The molecule has 0 radical (unpaired) electrons. The minimum absolute atomic E-state index is 0.0000772. The van der Waals surface area contributed by atoms with Gasteiger partial charge in [0.2, 0.25) is 5.91 Å². The lowest BCUT2D eigenvalue weighted by Crippen LogP contribution is -2.44. The van der Waals surface area contributed by atoms with E-state index in [9.17, 15) is 4.79 Å². The SMILES string of the molecule is CCCC[C@H](N)C(=O)N(CC)CCO. The number of hydrogen-bond acceptors (Lipinski definition) is 3. The summed E-state index contributed by atoms with van der Waals surface area (Å²) < 4.78 is 0. The maximum atomic E-state index is 11.7. The quantitative estimate of drug-likeness (QED) is 0.626. The van der Waals surface area contributed by atoms with Crippen molar-refractivity contribution >= 4 is 5.91 Å². The summed E-state index contributed by atoms with van der Waals surface area (Å²) in [5.41, 5.74) is 5.74. The molecule has 0 spiro atoms. The first-order valence-corrected chi connectivity index (χ1v) is 5.32. The van der Waals surface area contributed by atoms with Crippen LogP contribution in [0.5, 0.6) is 0 Å². The van der Waals surface area contributed by atoms with Crippen molar-refractivity contribution in [2.24, 2.45) is 5.73 Å². The Hall–Kier alpha value is -0.610. The zero-order chi connectivity index (χ0) is 11.0. The predicted octanol–water partition coefficient (Wildman–Crippen LogP) is 0.345. The molecule has 0 bridgehead atoms. The van der Waals surface area contributed by atoms with E-state index < -0.39 is 6.04 Å². The molecule has 0 aromatic rings. The fourth-order valence-corrected chi connectivity index (χ4v) is 1.33. The monoisotopic (exact) mass is 202 g/mol. The van der Waals surface area contributed by atoms with Crippen molar-refractivity contribution in [3.63, 3.8) is 0 Å². The molecule has 4 heteroatoms. The van der Waals surface area contributed by atoms with E-state index in [0.717, 1.165) is 19.3 Å². The van der Waals surface area contributed by atoms with Gasteiger partial charge in [-0.2, -0.15) is 0 Å². The van der Waals surface area contributed by atoms with Crippen LogP contribution in [0.2, 0.25) is 0 Å². The van der Waals surface area contributed by atoms with E-state index in [1.54, 1.807) is 4.90 Å². The van der Waals surface area contributed by atoms with Crippen molar-refractivity contribution < 1.29 is 9.90 Å². The summed E-state index contributed by atoms with van der Waals surface area (Å²) in [6.45, 7) is 4.96. The molecule has 84 valence electrons. The molecule has 0 rings (SSSR count). The first-order valence-electron chi connectivity index (χ1n) is 5.32. The minimum Gasteiger partial charge on any atom is -0.395 e. The fraction of sp³-hybridized carbons (Fsp3) is 0.900. The van der Waals surface area contributed by atoms with Gasteiger partial charge in [-0.3, -0.25) is 4.79 Å². The highest BCUT2D eigenvalue weighted by Crippen LogP contribution is 2.02. The Morgan fingerprint density at radius 2 is 2.14 bits per heavy atom. The third-order valence-corrected chi connectivity index (χ3v) is 2.25. The summed E-state index contributed by atoms with van der Waals surface area (Å²) in [6, 6.07) is -0.401. The normalized spacial score (nSPS) is 12.6. The molecule has 14 heavy (non-hydrogen) atoms. The van der Waals surface area contributed by atoms with Crippen LogP contribution in [0.4, 0.5) is 0 Å². The van der Waals surface area contributed by atoms with Gasteiger partial charge in [0.1, 0.15) is 0 Å². The average molecular weight is 202 g/mol. The molecule has 0 fully saturated rings. The van der Waals surface area contributed by atoms with Crippen LogP contribution in [-0.4, -0.2) is 41.7 Å². The van der Waals surface area contributed by atoms with Crippen LogP contribution in [0.1, 0.15) is 33.1 Å². The second kappa shape index (κ2) is 7.76. The second-order valence-corrected chi connectivity index (χ2v) is 3.39. The third-order valence-electron chi connectivity index (χ3n) is 2.25. The molecule has 0 aliphatic heterocycles. The minimum atomic E-state index is -0.401. The summed E-state index contributed by atoms with van der Waals surface area (Å²) in [4.78, 5) is 13.3. The topological polar surface area (TPSA) is 66.6 Å². The Morgan fingerprint density at radius 3 is 2.57 bits per heavy atom. The highest BCUT2D eigenvalue weighted by molar-refractivity contribution is 5.81. The molecule has 0 aliphatic carbocycles. The molecule has 0 aromatic heterocycles. The number of nitrogens with two attached hydrogens (primary N) is 1. The molecule has 0 aromatic carbocycles. The molecule has 3 N–H and O–H groups in total. The zero-order valence-corrected chi connectivity index (χ0v) is 9.20. The third kappa shape index (κ3) is 4.58. The van der Waals surface area contributed by atoms with Gasteiger partial charge in [0.15, 0.2) is 0 Å². The summed E-state index contributed by atoms with van der Waals surface area (Å²) in [5.74, 6) is -0.0463. The highest BCUT2D eigenvalue weighted by Gasteiger charge is 2.18. The molecule has 1 atom stereocenters. The van der Waals surface area contributed by atoms with Crippen molar-refractivity contribution in [2.75, 3.05) is 19.7 Å². The van der Waals surface area contributed by atoms with Crippen molar-refractivity contribution in [3.05, 3.63) is 0 Å². The summed E-state index contributed by atoms with van der Waals surface area (Å²) in [6.07, 6.45) is 2.76. The van der Waals surface area contributed by atoms with Crippen molar-refractivity contribution in [2.45, 2.75) is 39.2 Å². The maximum absolute atomic E-state index is 11.7. The molecule has 0 unspecified atom stereocenters. The van der Waals surface area contributed by atoms with Crippen LogP contribution >= 0.6 is 0 Å². The van der Waals surface area contributed by atoms with Crippen molar-refractivity contribution in [3.8, 4) is 0 Å². The highest BCUT2D eigenvalue weighted by atomic mass is 16.3. The van der Waals surface area contributed by atoms with Gasteiger partial charge in [-0.05, 0) is 13.3 Å². The van der Waals surface area contributed by atoms with Crippen LogP contribution in [0.25, 0.3) is 0 Å². The predicted molar refractivity (Wildman–Crippen MR) is 56.8 cm³/mol. The first-order chi connectivity index (χ1) is 6.67. The Kier molecular flexibility index (Phi) is 7.42. The summed E-state index contributed by atoms with van der Waals surface area (Å²) in [7, 11) is 0. The number of carbonyl (C=O) groups is 1. The van der Waals surface area contributed by atoms with Crippen LogP contribution in [-0.2, 0) is 4.79 Å². The molecule has 0 aliphatic rings. The van der Waals surface area contributed by atoms with Crippen molar-refractivity contribution in [1.29, 1.82) is 0 Å². The van der Waals surface area contributed by atoms with Gasteiger partial charge < -0.3 is 15.7 Å². The smallest absolute Gasteiger partial charge is 0.239 e. The number of aliphatic hydroxyl groups is 1. The second-order valence-electron chi connectivity index (χ2n) is 3.39. The number of hydrogen-bond donors (Lipinski definition) is 2. The molecule has 0 saturated heterocycles. The lowest BCUT2D eigenvalue weighted by molar-refractivity contribution is -0.133. The maximum Gasteiger partial charge on any atom is 0.239 e. The number of unbranched alkanes of at least 4 members (excludes halogenated alkanes) is 1. The fourth-order valence-electron chi connectivity index (χ4n) is 1.33. The van der Waals surface area contributed by atoms with E-state index in [2.05, 4.69) is 6.92 Å². The van der Waals surface area contributed by atoms with Crippen LogP contribution in [0, 0.1) is 0 Å². The van der Waals surface area contributed by atoms with Crippen LogP contribution in [0.3, 0.4) is 0 Å². The van der Waals surface area contributed by atoms with Crippen molar-refractivity contribution in [1.82, 2.24) is 4.90 Å². The summed E-state index contributed by atoms with van der Waals surface area (Å²) >= 11 is 0. The van der Waals surface area contributed by atoms with Crippen LogP contribution in [0.15, 0.2) is 0 Å². The lowest BCUT2D eigenvalue weighted by Gasteiger charge is -2.23. The van der Waals surface area contributed by atoms with Gasteiger partial charge >= 0.3 is 0 Å². The Bertz CT molecular complexity index is 162. The van der Waals surface area contributed by atoms with E-state index in [-0.39, 0.29) is 12.5 Å². The largest absolute Gasteiger partial charge is 0.395 e. The molecule has 4 nitrogen and oxygen atoms in total. The van der Waals surface area contributed by atoms with Gasteiger partial charge in [0.05, 0.1) is 12.6 Å². The number of aliphatic hydroxyl groups excluding tert-OH is 1. The van der Waals surface area contributed by atoms with Gasteiger partial charge in [0.25, 0.3) is 0 Å². The molecular formula is C10H22N2O2. The van der Waals surface area contributed by atoms with Crippen LogP contribution < -0.4 is 5.73 Å². The first kappa shape index (κ1) is 13.4. The van der Waals surface area contributed by atoms with E-state index in [1.807, 2.05) is 6.92 Å². The Labute approximate surface area is 86.1 Å². The number of carbonyl (C=O) groups excluding carboxylic acids is 1. The molecule has 1 amide bonds. The summed E-state index contributed by atoms with van der Waals surface area (Å²) in [5, 5.41) is 8.74. The molecular weight excluding hydrogens is 180 g/mol. The Balaban J connectivity index is 3.99. The number of rotatable bonds is 7. The van der Waals surface area contributed by atoms with E-state index in [4.69, 9.17) is 10.8 Å². The van der Waals surface area contributed by atoms with E-state index >= 15 is 0 Å². The number of nitrogens with zero attached hydrogens (tertiary/aromatic N) is 1.